The highest BCUT2D eigenvalue weighted by atomic mass is 32.2. The number of methoxy groups -OCH3 is 1. The van der Waals surface area contributed by atoms with E-state index in [-0.39, 0.29) is 5.97 Å². The number of thiocarbonyl (C=S) groups is 1. The zero-order chi connectivity index (χ0) is 20.0. The molecule has 0 spiro atoms. The van der Waals surface area contributed by atoms with Gasteiger partial charge >= 0.3 is 5.97 Å². The maximum absolute atomic E-state index is 12.8. The molecule has 0 unspecified atom stereocenters. The Morgan fingerprint density at radius 2 is 1.85 bits per heavy atom. The Balaban J connectivity index is 1.86. The van der Waals surface area contributed by atoms with Crippen LogP contribution >= 0.6 is 12.2 Å². The van der Waals surface area contributed by atoms with Crippen molar-refractivity contribution in [2.75, 3.05) is 39.8 Å². The Kier molecular flexibility index (Phi) is 7.58. The number of rotatable bonds is 6. The maximum atomic E-state index is 12.8. The van der Waals surface area contributed by atoms with Gasteiger partial charge in [0.25, 0.3) is 0 Å². The number of ether oxygens (including phenoxy) is 1. The number of piperazine rings is 1. The zero-order valence-electron chi connectivity index (χ0n) is 16.0. The standard InChI is InChI=1S/C18H27N3O4S2/c1-14-6-7-16(13-15(14)2)27(23,24)21-11-9-20(10-12-21)18(26)19-8-4-5-17(22)25-3/h6-7,13H,4-5,8-12H2,1-3H3,(H,19,26). The second-order valence-corrected chi connectivity index (χ2v) is 8.87. The van der Waals surface area contributed by atoms with Crippen molar-refractivity contribution in [3.05, 3.63) is 29.3 Å². The Morgan fingerprint density at radius 1 is 1.19 bits per heavy atom. The molecule has 0 aliphatic carbocycles. The molecule has 150 valence electrons. The van der Waals surface area contributed by atoms with Gasteiger partial charge in [0, 0.05) is 39.1 Å². The zero-order valence-corrected chi connectivity index (χ0v) is 17.7. The number of hydrogen-bond donors (Lipinski definition) is 1. The molecule has 0 bridgehead atoms. The molecule has 1 heterocycles. The molecule has 0 atom stereocenters. The largest absolute Gasteiger partial charge is 0.469 e. The van der Waals surface area contributed by atoms with Crippen molar-refractivity contribution >= 4 is 33.3 Å². The fraction of sp³-hybridized carbons (Fsp3) is 0.556. The van der Waals surface area contributed by atoms with E-state index in [9.17, 15) is 13.2 Å². The minimum atomic E-state index is -3.49. The molecule has 1 aromatic rings. The molecule has 2 rings (SSSR count). The van der Waals surface area contributed by atoms with Crippen molar-refractivity contribution in [2.24, 2.45) is 0 Å². The van der Waals surface area contributed by atoms with Crippen molar-refractivity contribution in [3.8, 4) is 0 Å². The van der Waals surface area contributed by atoms with Crippen LogP contribution in [0.1, 0.15) is 24.0 Å². The Bertz CT molecular complexity index is 788. The fourth-order valence-electron chi connectivity index (χ4n) is 2.80. The molecule has 1 aliphatic heterocycles. The van der Waals surface area contributed by atoms with Gasteiger partial charge in [-0.15, -0.1) is 0 Å². The lowest BCUT2D eigenvalue weighted by atomic mass is 10.1. The van der Waals surface area contributed by atoms with Crippen LogP contribution in [0.15, 0.2) is 23.1 Å². The molecule has 7 nitrogen and oxygen atoms in total. The molecule has 0 aromatic heterocycles. The van der Waals surface area contributed by atoms with Crippen LogP contribution in [0.5, 0.6) is 0 Å². The molecule has 1 N–H and O–H groups in total. The Hall–Kier alpha value is -1.71. The van der Waals surface area contributed by atoms with Crippen LogP contribution in [0.4, 0.5) is 0 Å². The highest BCUT2D eigenvalue weighted by Gasteiger charge is 2.29. The van der Waals surface area contributed by atoms with Crippen LogP contribution < -0.4 is 5.32 Å². The summed E-state index contributed by atoms with van der Waals surface area (Å²) >= 11 is 5.37. The summed E-state index contributed by atoms with van der Waals surface area (Å²) in [5.74, 6) is -0.243. The quantitative estimate of drug-likeness (QED) is 0.429. The second-order valence-electron chi connectivity index (χ2n) is 6.55. The van der Waals surface area contributed by atoms with Gasteiger partial charge < -0.3 is 15.0 Å². The van der Waals surface area contributed by atoms with E-state index in [0.29, 0.717) is 55.6 Å². The molecule has 27 heavy (non-hydrogen) atoms. The van der Waals surface area contributed by atoms with E-state index in [1.165, 1.54) is 11.4 Å². The lowest BCUT2D eigenvalue weighted by molar-refractivity contribution is -0.140. The van der Waals surface area contributed by atoms with E-state index in [4.69, 9.17) is 12.2 Å². The summed E-state index contributed by atoms with van der Waals surface area (Å²) in [5.41, 5.74) is 2.04. The van der Waals surface area contributed by atoms with Crippen LogP contribution in [0, 0.1) is 13.8 Å². The summed E-state index contributed by atoms with van der Waals surface area (Å²) in [4.78, 5) is 13.4. The predicted molar refractivity (Wildman–Crippen MR) is 108 cm³/mol. The first-order valence-electron chi connectivity index (χ1n) is 8.92. The molecule has 9 heteroatoms. The lowest BCUT2D eigenvalue weighted by Crippen LogP contribution is -2.53. The molecule has 1 aliphatic rings. The third-order valence-corrected chi connectivity index (χ3v) is 7.00. The van der Waals surface area contributed by atoms with Crippen LogP contribution in [0.25, 0.3) is 0 Å². The summed E-state index contributed by atoms with van der Waals surface area (Å²) in [6, 6.07) is 5.23. The van der Waals surface area contributed by atoms with Gasteiger partial charge in [-0.1, -0.05) is 6.07 Å². The van der Waals surface area contributed by atoms with Crippen LogP contribution in [0.2, 0.25) is 0 Å². The SMILES string of the molecule is COC(=O)CCCNC(=S)N1CCN(S(=O)(=O)c2ccc(C)c(C)c2)CC1. The minimum Gasteiger partial charge on any atom is -0.469 e. The number of hydrogen-bond acceptors (Lipinski definition) is 5. The summed E-state index contributed by atoms with van der Waals surface area (Å²) in [6.45, 7) is 6.30. The lowest BCUT2D eigenvalue weighted by Gasteiger charge is -2.35. The van der Waals surface area contributed by atoms with Crippen molar-refractivity contribution in [1.82, 2.24) is 14.5 Å². The van der Waals surface area contributed by atoms with Gasteiger partial charge in [0.1, 0.15) is 0 Å². The van der Waals surface area contributed by atoms with Crippen molar-refractivity contribution in [1.29, 1.82) is 0 Å². The van der Waals surface area contributed by atoms with Crippen molar-refractivity contribution in [3.63, 3.8) is 0 Å². The van der Waals surface area contributed by atoms with Crippen LogP contribution in [0.3, 0.4) is 0 Å². The Labute approximate surface area is 166 Å². The third-order valence-electron chi connectivity index (χ3n) is 4.70. The number of sulfonamides is 1. The van der Waals surface area contributed by atoms with Crippen molar-refractivity contribution in [2.45, 2.75) is 31.6 Å². The minimum absolute atomic E-state index is 0.243. The summed E-state index contributed by atoms with van der Waals surface area (Å²) in [5, 5.41) is 3.70. The molecule has 1 aromatic carbocycles. The summed E-state index contributed by atoms with van der Waals surface area (Å²) in [7, 11) is -2.13. The highest BCUT2D eigenvalue weighted by molar-refractivity contribution is 7.89. The van der Waals surface area contributed by atoms with Gasteiger partial charge in [-0.2, -0.15) is 4.31 Å². The number of nitrogens with zero attached hydrogens (tertiary/aromatic N) is 2. The van der Waals surface area contributed by atoms with E-state index in [1.807, 2.05) is 24.8 Å². The topological polar surface area (TPSA) is 79.0 Å². The van der Waals surface area contributed by atoms with Gasteiger partial charge in [-0.05, 0) is 55.7 Å². The number of benzene rings is 1. The number of esters is 1. The molecule has 0 amide bonds. The van der Waals surface area contributed by atoms with Crippen LogP contribution in [-0.4, -0.2) is 68.5 Å². The molecule has 1 fully saturated rings. The second kappa shape index (κ2) is 9.48. The average Bonchev–Trinajstić information content (AvgIpc) is 2.66. The Morgan fingerprint density at radius 3 is 2.44 bits per heavy atom. The predicted octanol–water partition coefficient (Wildman–Crippen LogP) is 1.44. The van der Waals surface area contributed by atoms with E-state index >= 15 is 0 Å². The molecule has 0 radical (unpaired) electrons. The smallest absolute Gasteiger partial charge is 0.305 e. The summed E-state index contributed by atoms with van der Waals surface area (Å²) in [6.07, 6.45) is 0.974. The first-order valence-corrected chi connectivity index (χ1v) is 10.8. The van der Waals surface area contributed by atoms with Crippen LogP contribution in [-0.2, 0) is 19.6 Å². The summed E-state index contributed by atoms with van der Waals surface area (Å²) < 4.78 is 31.8. The van der Waals surface area contributed by atoms with E-state index in [1.54, 1.807) is 12.1 Å². The number of carbonyl (C=O) groups is 1. The van der Waals surface area contributed by atoms with Gasteiger partial charge in [0.15, 0.2) is 5.11 Å². The van der Waals surface area contributed by atoms with Gasteiger partial charge in [-0.25, -0.2) is 8.42 Å². The molecule has 1 saturated heterocycles. The third kappa shape index (κ3) is 5.63. The van der Waals surface area contributed by atoms with E-state index in [0.717, 1.165) is 11.1 Å². The number of carbonyl (C=O) groups excluding carboxylic acids is 1. The molecular formula is C18H27N3O4S2. The van der Waals surface area contributed by atoms with Crippen molar-refractivity contribution < 1.29 is 17.9 Å². The average molecular weight is 414 g/mol. The van der Waals surface area contributed by atoms with Gasteiger partial charge in [-0.3, -0.25) is 4.79 Å². The van der Waals surface area contributed by atoms with E-state index in [2.05, 4.69) is 10.1 Å². The highest BCUT2D eigenvalue weighted by Crippen LogP contribution is 2.20. The monoisotopic (exact) mass is 413 g/mol. The first kappa shape index (κ1) is 21.6. The van der Waals surface area contributed by atoms with E-state index < -0.39 is 10.0 Å². The fourth-order valence-corrected chi connectivity index (χ4v) is 4.59. The first-order chi connectivity index (χ1) is 12.8. The number of aryl methyl sites for hydroxylation is 2. The van der Waals surface area contributed by atoms with Gasteiger partial charge in [0.2, 0.25) is 10.0 Å². The number of nitrogens with one attached hydrogen (secondary N) is 1. The molecular weight excluding hydrogens is 386 g/mol. The maximum Gasteiger partial charge on any atom is 0.305 e. The molecule has 0 saturated carbocycles. The van der Waals surface area contributed by atoms with Gasteiger partial charge in [0.05, 0.1) is 12.0 Å². The normalized spacial score (nSPS) is 15.4.